The number of thiazole rings is 1. The highest BCUT2D eigenvalue weighted by Gasteiger charge is 2.56. The van der Waals surface area contributed by atoms with E-state index in [2.05, 4.69) is 20.9 Å². The van der Waals surface area contributed by atoms with Crippen molar-refractivity contribution in [1.29, 1.82) is 0 Å². The van der Waals surface area contributed by atoms with E-state index in [9.17, 15) is 14.4 Å². The predicted octanol–water partition coefficient (Wildman–Crippen LogP) is 6.24. The van der Waals surface area contributed by atoms with Crippen molar-refractivity contribution in [2.24, 2.45) is 5.92 Å². The molecule has 2 aliphatic rings. The van der Waals surface area contributed by atoms with Crippen LogP contribution in [-0.2, 0) is 16.2 Å². The topological polar surface area (TPSA) is 88.7 Å². The summed E-state index contributed by atoms with van der Waals surface area (Å²) in [6, 6.07) is 19.8. The van der Waals surface area contributed by atoms with E-state index >= 15 is 0 Å². The highest BCUT2D eigenvalue weighted by atomic mass is 79.9. The number of thioether (sulfide) groups is 1. The minimum absolute atomic E-state index is 0.235. The standard InChI is InChI=1S/C28H20BrClN2O5S2/c1-36-18-8-6-17(7-9-18)32-26(33)22-21(23-25(31-28(35)39-23)38-24(22)27(32)34)19-12-15(29)5-10-20(19)37-13-14-3-2-4-16(30)11-14/h2-12,21-22,24H,13H2,1H3,(H,31,35)/t21-,22-,24+/m0/s1. The van der Waals surface area contributed by atoms with Gasteiger partial charge in [-0.15, -0.1) is 0 Å². The molecule has 0 spiro atoms. The second-order valence-electron chi connectivity index (χ2n) is 9.06. The monoisotopic (exact) mass is 642 g/mol. The number of amides is 2. The van der Waals surface area contributed by atoms with Gasteiger partial charge in [0.25, 0.3) is 0 Å². The van der Waals surface area contributed by atoms with E-state index in [4.69, 9.17) is 21.1 Å². The van der Waals surface area contributed by atoms with Gasteiger partial charge in [-0.05, 0) is 60.2 Å². The lowest BCUT2D eigenvalue weighted by Gasteiger charge is -2.31. The summed E-state index contributed by atoms with van der Waals surface area (Å²) in [5.41, 5.74) is 2.08. The summed E-state index contributed by atoms with van der Waals surface area (Å²) < 4.78 is 12.3. The van der Waals surface area contributed by atoms with Gasteiger partial charge in [0.05, 0.1) is 23.7 Å². The Labute approximate surface area is 245 Å². The molecule has 1 aromatic heterocycles. The Morgan fingerprint density at radius 2 is 1.82 bits per heavy atom. The van der Waals surface area contributed by atoms with Gasteiger partial charge in [0.1, 0.15) is 23.4 Å². The zero-order valence-corrected chi connectivity index (χ0v) is 24.3. The molecule has 0 radical (unpaired) electrons. The molecule has 7 nitrogen and oxygen atoms in total. The number of ether oxygens (including phenoxy) is 2. The van der Waals surface area contributed by atoms with Crippen LogP contribution < -0.4 is 19.2 Å². The van der Waals surface area contributed by atoms with Crippen molar-refractivity contribution >= 4 is 68.1 Å². The van der Waals surface area contributed by atoms with Crippen LogP contribution in [0, 0.1) is 5.92 Å². The highest BCUT2D eigenvalue weighted by molar-refractivity contribution is 9.10. The Morgan fingerprint density at radius 1 is 1.03 bits per heavy atom. The highest BCUT2D eigenvalue weighted by Crippen LogP contribution is 2.54. The molecular weight excluding hydrogens is 624 g/mol. The summed E-state index contributed by atoms with van der Waals surface area (Å²) in [5, 5.41) is 0.506. The van der Waals surface area contributed by atoms with E-state index in [-0.39, 0.29) is 23.3 Å². The molecule has 1 N–H and O–H groups in total. The molecule has 4 aromatic rings. The molecule has 2 amide bonds. The Kier molecular flexibility index (Phi) is 7.05. The van der Waals surface area contributed by atoms with E-state index in [0.717, 1.165) is 31.8 Å². The van der Waals surface area contributed by atoms with Gasteiger partial charge in [0, 0.05) is 25.9 Å². The number of hydrogen-bond donors (Lipinski definition) is 1. The fourth-order valence-corrected chi connectivity index (χ4v) is 8.12. The second-order valence-corrected chi connectivity index (χ2v) is 12.6. The first-order chi connectivity index (χ1) is 18.8. The molecule has 11 heteroatoms. The first-order valence-electron chi connectivity index (χ1n) is 11.9. The van der Waals surface area contributed by atoms with E-state index < -0.39 is 17.1 Å². The third kappa shape index (κ3) is 4.80. The number of rotatable bonds is 6. The molecule has 0 unspecified atom stereocenters. The van der Waals surface area contributed by atoms with Crippen LogP contribution in [-0.4, -0.2) is 29.2 Å². The SMILES string of the molecule is COc1ccc(N2C(=O)[C@H]3[C@H](c4cc(Br)ccc4OCc4cccc(Cl)c4)c4sc(=O)[nH]c4S[C@H]3C2=O)cc1. The number of hydrogen-bond acceptors (Lipinski definition) is 7. The Hall–Kier alpha value is -3.05. The van der Waals surface area contributed by atoms with E-state index in [1.54, 1.807) is 37.4 Å². The second kappa shape index (κ2) is 10.5. The van der Waals surface area contributed by atoms with Crippen LogP contribution >= 0.6 is 50.6 Å². The summed E-state index contributed by atoms with van der Waals surface area (Å²) in [6.45, 7) is 0.256. The Morgan fingerprint density at radius 3 is 2.56 bits per heavy atom. The Balaban J connectivity index is 1.43. The first kappa shape index (κ1) is 26.2. The first-order valence-corrected chi connectivity index (χ1v) is 14.8. The normalized spacial score (nSPS) is 20.1. The number of carbonyl (C=O) groups excluding carboxylic acids is 2. The number of benzene rings is 3. The summed E-state index contributed by atoms with van der Waals surface area (Å²) in [5.74, 6) is -0.756. The minimum atomic E-state index is -0.730. The van der Waals surface area contributed by atoms with Crippen molar-refractivity contribution in [1.82, 2.24) is 4.98 Å². The molecule has 39 heavy (non-hydrogen) atoms. The van der Waals surface area contributed by atoms with Gasteiger partial charge in [0.15, 0.2) is 0 Å². The number of H-pyrrole nitrogens is 1. The molecule has 198 valence electrons. The molecule has 1 fully saturated rings. The van der Waals surface area contributed by atoms with Crippen LogP contribution in [0.5, 0.6) is 11.5 Å². The van der Waals surface area contributed by atoms with E-state index in [1.165, 1.54) is 16.7 Å². The number of aromatic nitrogens is 1. The number of carbonyl (C=O) groups is 2. The quantitative estimate of drug-likeness (QED) is 0.251. The van der Waals surface area contributed by atoms with Gasteiger partial charge in [-0.1, -0.05) is 62.8 Å². The predicted molar refractivity (Wildman–Crippen MR) is 155 cm³/mol. The molecule has 6 rings (SSSR count). The maximum absolute atomic E-state index is 14.0. The van der Waals surface area contributed by atoms with Crippen LogP contribution in [0.15, 0.2) is 81.0 Å². The maximum atomic E-state index is 14.0. The number of nitrogens with zero attached hydrogens (tertiary/aromatic N) is 1. The molecule has 0 aliphatic carbocycles. The van der Waals surface area contributed by atoms with Gasteiger partial charge in [-0.2, -0.15) is 0 Å². The van der Waals surface area contributed by atoms with Crippen molar-refractivity contribution in [3.8, 4) is 11.5 Å². The summed E-state index contributed by atoms with van der Waals surface area (Å²) in [6.07, 6.45) is 0. The van der Waals surface area contributed by atoms with Gasteiger partial charge in [-0.3, -0.25) is 14.4 Å². The molecule has 3 heterocycles. The number of fused-ring (bicyclic) bond motifs is 2. The average molecular weight is 644 g/mol. The number of nitrogens with one attached hydrogen (secondary N) is 1. The smallest absolute Gasteiger partial charge is 0.305 e. The third-order valence-electron chi connectivity index (χ3n) is 6.74. The van der Waals surface area contributed by atoms with Crippen molar-refractivity contribution in [3.05, 3.63) is 102 Å². The molecule has 3 atom stereocenters. The lowest BCUT2D eigenvalue weighted by atomic mass is 9.82. The molecule has 0 saturated carbocycles. The third-order valence-corrected chi connectivity index (χ3v) is 9.87. The van der Waals surface area contributed by atoms with Crippen molar-refractivity contribution in [2.75, 3.05) is 12.0 Å². The van der Waals surface area contributed by atoms with Gasteiger partial charge < -0.3 is 14.5 Å². The van der Waals surface area contributed by atoms with Gasteiger partial charge in [0.2, 0.25) is 11.8 Å². The van der Waals surface area contributed by atoms with Crippen LogP contribution in [0.25, 0.3) is 0 Å². The van der Waals surface area contributed by atoms with Crippen LogP contribution in [0.4, 0.5) is 5.69 Å². The number of aromatic amines is 1. The lowest BCUT2D eigenvalue weighted by Crippen LogP contribution is -2.32. The fourth-order valence-electron chi connectivity index (χ4n) is 5.02. The van der Waals surface area contributed by atoms with Crippen molar-refractivity contribution in [3.63, 3.8) is 0 Å². The number of methoxy groups -OCH3 is 1. The zero-order chi connectivity index (χ0) is 27.3. The van der Waals surface area contributed by atoms with Crippen LogP contribution in [0.1, 0.15) is 21.9 Å². The van der Waals surface area contributed by atoms with Crippen molar-refractivity contribution < 1.29 is 19.1 Å². The lowest BCUT2D eigenvalue weighted by molar-refractivity contribution is -0.122. The number of anilines is 1. The van der Waals surface area contributed by atoms with Gasteiger partial charge >= 0.3 is 4.87 Å². The van der Waals surface area contributed by atoms with Crippen molar-refractivity contribution in [2.45, 2.75) is 22.8 Å². The molecule has 0 bridgehead atoms. The largest absolute Gasteiger partial charge is 0.497 e. The van der Waals surface area contributed by atoms with E-state index in [0.29, 0.717) is 27.2 Å². The average Bonchev–Trinajstić information content (AvgIpc) is 3.42. The fraction of sp³-hybridized carbons (Fsp3) is 0.179. The molecule has 3 aromatic carbocycles. The summed E-state index contributed by atoms with van der Waals surface area (Å²) in [7, 11) is 1.56. The number of imide groups is 1. The summed E-state index contributed by atoms with van der Waals surface area (Å²) in [4.78, 5) is 44.8. The zero-order valence-electron chi connectivity index (χ0n) is 20.4. The molecule has 2 aliphatic heterocycles. The van der Waals surface area contributed by atoms with Gasteiger partial charge in [-0.25, -0.2) is 4.90 Å². The Bertz CT molecular complexity index is 1650. The summed E-state index contributed by atoms with van der Waals surface area (Å²) >= 11 is 12.0. The number of halogens is 2. The molecular formula is C28H20BrClN2O5S2. The minimum Gasteiger partial charge on any atom is -0.497 e. The maximum Gasteiger partial charge on any atom is 0.305 e. The van der Waals surface area contributed by atoms with E-state index in [1.807, 2.05) is 36.4 Å². The van der Waals surface area contributed by atoms with Crippen LogP contribution in [0.2, 0.25) is 5.02 Å². The van der Waals surface area contributed by atoms with Crippen LogP contribution in [0.3, 0.4) is 0 Å². The molecule has 1 saturated heterocycles.